The van der Waals surface area contributed by atoms with Crippen LogP contribution in [0.15, 0.2) is 12.7 Å². The van der Waals surface area contributed by atoms with Gasteiger partial charge in [0.2, 0.25) is 0 Å². The van der Waals surface area contributed by atoms with Crippen molar-refractivity contribution in [1.82, 2.24) is 0 Å². The largest absolute Gasteiger partial charge is 0.460 e. The lowest BCUT2D eigenvalue weighted by Gasteiger charge is -2.11. The number of alkyl halides is 2. The Balaban J connectivity index is 3.16. The Hall–Kier alpha value is 0.00688. The third kappa shape index (κ3) is 18.2. The summed E-state index contributed by atoms with van der Waals surface area (Å²) in [5, 5.41) is 0. The second kappa shape index (κ2) is 16.9. The molecule has 23 heavy (non-hydrogen) atoms. The van der Waals surface area contributed by atoms with E-state index in [0.717, 1.165) is 12.8 Å². The normalized spacial score (nSPS) is 12.3. The molecule has 0 aliphatic heterocycles. The van der Waals surface area contributed by atoms with Gasteiger partial charge in [0.15, 0.2) is 0 Å². The summed E-state index contributed by atoms with van der Waals surface area (Å²) in [5.74, 6) is -0.317. The second-order valence-electron chi connectivity index (χ2n) is 6.03. The van der Waals surface area contributed by atoms with Crippen molar-refractivity contribution in [3.63, 3.8) is 0 Å². The molecule has 0 N–H and O–H groups in total. The van der Waals surface area contributed by atoms with E-state index in [1.54, 1.807) is 0 Å². The van der Waals surface area contributed by atoms with Gasteiger partial charge in [-0.1, -0.05) is 70.4 Å². The average molecular weight is 379 g/mol. The van der Waals surface area contributed by atoms with Gasteiger partial charge in [0, 0.05) is 6.08 Å². The summed E-state index contributed by atoms with van der Waals surface area (Å²) in [7, 11) is 0.695. The Labute approximate surface area is 155 Å². The maximum absolute atomic E-state index is 11.0. The molecule has 0 bridgehead atoms. The zero-order chi connectivity index (χ0) is 17.3. The first-order valence-corrected chi connectivity index (χ1v) is 11.1. The van der Waals surface area contributed by atoms with Crippen LogP contribution in [0, 0.1) is 0 Å². The van der Waals surface area contributed by atoms with Gasteiger partial charge in [0.05, 0.1) is 20.1 Å². The number of hydrogen-bond acceptors (Lipinski definition) is 2. The number of unbranched alkanes of at least 4 members (excludes halogenated alkanes) is 9. The highest BCUT2D eigenvalue weighted by atomic mass is 35.5. The van der Waals surface area contributed by atoms with Crippen LogP contribution in [0.5, 0.6) is 0 Å². The molecule has 0 aromatic carbocycles. The lowest BCUT2D eigenvalue weighted by molar-refractivity contribution is -0.142. The van der Waals surface area contributed by atoms with E-state index in [1.807, 2.05) is 6.92 Å². The van der Waals surface area contributed by atoms with Gasteiger partial charge >= 0.3 is 5.97 Å². The van der Waals surface area contributed by atoms with E-state index in [-0.39, 0.29) is 16.5 Å². The Kier molecular flexibility index (Phi) is 16.9. The Morgan fingerprint density at radius 2 is 1.48 bits per heavy atom. The van der Waals surface area contributed by atoms with E-state index in [2.05, 4.69) is 6.58 Å². The van der Waals surface area contributed by atoms with Crippen LogP contribution in [-0.4, -0.2) is 26.1 Å². The lowest BCUT2D eigenvalue weighted by atomic mass is 10.0. The quantitative estimate of drug-likeness (QED) is 0.104. The first-order chi connectivity index (χ1) is 11.1. The summed E-state index contributed by atoms with van der Waals surface area (Å²) in [6.45, 7) is 5.35. The first-order valence-electron chi connectivity index (χ1n) is 8.91. The maximum atomic E-state index is 11.0. The number of carbonyl (C=O) groups is 1. The molecular weight excluding hydrogens is 347 g/mol. The van der Waals surface area contributed by atoms with E-state index in [9.17, 15) is 4.79 Å². The summed E-state index contributed by atoms with van der Waals surface area (Å²) < 4.78 is 4.98. The van der Waals surface area contributed by atoms with Gasteiger partial charge < -0.3 is 4.74 Å². The molecule has 0 spiro atoms. The minimum Gasteiger partial charge on any atom is -0.460 e. The molecule has 0 saturated heterocycles. The van der Waals surface area contributed by atoms with Crippen LogP contribution < -0.4 is 0 Å². The monoisotopic (exact) mass is 378 g/mol. The summed E-state index contributed by atoms with van der Waals surface area (Å²) in [6.07, 6.45) is 15.1. The standard InChI is InChI=1S/C18H32Cl2O2Si/c1-3-17(21)22-16(2)14-12-10-8-6-4-5-7-9-11-13-15-23-18(19)20/h3,16,18H,1,4-15H2,2H3. The van der Waals surface area contributed by atoms with Gasteiger partial charge in [-0.25, -0.2) is 4.79 Å². The van der Waals surface area contributed by atoms with Crippen LogP contribution in [0.2, 0.25) is 6.04 Å². The number of carbonyl (C=O) groups excluding carboxylic acids is 1. The van der Waals surface area contributed by atoms with Gasteiger partial charge in [-0.05, 0) is 19.8 Å². The van der Waals surface area contributed by atoms with E-state index in [0.29, 0.717) is 9.52 Å². The van der Waals surface area contributed by atoms with Crippen LogP contribution >= 0.6 is 23.2 Å². The van der Waals surface area contributed by atoms with Gasteiger partial charge in [0.1, 0.15) is 0 Å². The fourth-order valence-corrected chi connectivity index (χ4v) is 3.81. The minimum absolute atomic E-state index is 0.00833. The molecule has 2 radical (unpaired) electrons. The Morgan fingerprint density at radius 1 is 1.00 bits per heavy atom. The number of halogens is 2. The molecule has 1 unspecified atom stereocenters. The van der Waals surface area contributed by atoms with Gasteiger partial charge in [0.25, 0.3) is 0 Å². The highest BCUT2D eigenvalue weighted by molar-refractivity contribution is 6.68. The van der Waals surface area contributed by atoms with Crippen LogP contribution in [0.3, 0.4) is 0 Å². The van der Waals surface area contributed by atoms with Crippen LogP contribution in [0.4, 0.5) is 0 Å². The molecule has 2 nitrogen and oxygen atoms in total. The van der Waals surface area contributed by atoms with Crippen molar-refractivity contribution in [1.29, 1.82) is 0 Å². The van der Waals surface area contributed by atoms with Gasteiger partial charge in [-0.2, -0.15) is 0 Å². The van der Waals surface area contributed by atoms with Crippen LogP contribution in [-0.2, 0) is 9.53 Å². The number of rotatable bonds is 16. The van der Waals surface area contributed by atoms with E-state index < -0.39 is 0 Å². The maximum Gasteiger partial charge on any atom is 0.330 e. The zero-order valence-electron chi connectivity index (χ0n) is 14.5. The van der Waals surface area contributed by atoms with Crippen molar-refractivity contribution in [3.8, 4) is 0 Å². The lowest BCUT2D eigenvalue weighted by Crippen LogP contribution is -2.12. The number of hydrogen-bond donors (Lipinski definition) is 0. The number of esters is 1. The fourth-order valence-electron chi connectivity index (χ4n) is 2.49. The summed E-state index contributed by atoms with van der Waals surface area (Å²) in [6, 6.07) is 1.18. The predicted octanol–water partition coefficient (Wildman–Crippen LogP) is 6.28. The van der Waals surface area contributed by atoms with Crippen LogP contribution in [0.1, 0.15) is 77.6 Å². The molecule has 0 heterocycles. The van der Waals surface area contributed by atoms with Crippen molar-refractivity contribution < 1.29 is 9.53 Å². The first kappa shape index (κ1) is 23.0. The molecule has 0 aromatic heterocycles. The molecule has 5 heteroatoms. The molecule has 0 aliphatic carbocycles. The minimum atomic E-state index is -0.317. The predicted molar refractivity (Wildman–Crippen MR) is 103 cm³/mol. The highest BCUT2D eigenvalue weighted by Crippen LogP contribution is 2.14. The van der Waals surface area contributed by atoms with E-state index in [4.69, 9.17) is 27.9 Å². The Bertz CT molecular complexity index is 299. The fraction of sp³-hybridized carbons (Fsp3) is 0.833. The van der Waals surface area contributed by atoms with E-state index in [1.165, 1.54) is 69.9 Å². The SMILES string of the molecule is C=CC(=O)OC(C)CCCCCCCCCCCC[Si]C(Cl)Cl. The topological polar surface area (TPSA) is 26.3 Å². The molecule has 0 amide bonds. The molecular formula is C18H32Cl2O2Si. The van der Waals surface area contributed by atoms with Crippen molar-refractivity contribution in [3.05, 3.63) is 12.7 Å². The van der Waals surface area contributed by atoms with Gasteiger partial charge in [-0.15, -0.1) is 23.2 Å². The molecule has 0 aromatic rings. The second-order valence-corrected chi connectivity index (χ2v) is 9.34. The third-order valence-corrected chi connectivity index (χ3v) is 5.70. The molecule has 1 atom stereocenters. The van der Waals surface area contributed by atoms with Crippen molar-refractivity contribution in [2.24, 2.45) is 0 Å². The van der Waals surface area contributed by atoms with E-state index >= 15 is 0 Å². The third-order valence-electron chi connectivity index (χ3n) is 3.82. The molecule has 0 fully saturated rings. The highest BCUT2D eigenvalue weighted by Gasteiger charge is 2.05. The number of ether oxygens (including phenoxy) is 1. The molecule has 0 aliphatic rings. The van der Waals surface area contributed by atoms with Crippen molar-refractivity contribution in [2.45, 2.75) is 94.2 Å². The average Bonchev–Trinajstić information content (AvgIpc) is 2.51. The Morgan fingerprint density at radius 3 is 1.96 bits per heavy atom. The smallest absolute Gasteiger partial charge is 0.330 e. The molecule has 0 saturated carbocycles. The zero-order valence-corrected chi connectivity index (χ0v) is 17.0. The molecule has 0 rings (SSSR count). The van der Waals surface area contributed by atoms with Crippen molar-refractivity contribution >= 4 is 38.7 Å². The summed E-state index contributed by atoms with van der Waals surface area (Å²) in [4.78, 5) is 11.0. The summed E-state index contributed by atoms with van der Waals surface area (Å²) in [5.41, 5.74) is 0. The molecule has 134 valence electrons. The van der Waals surface area contributed by atoms with Gasteiger partial charge in [-0.3, -0.25) is 0 Å². The summed E-state index contributed by atoms with van der Waals surface area (Å²) >= 11 is 11.4. The van der Waals surface area contributed by atoms with Crippen LogP contribution in [0.25, 0.3) is 0 Å². The van der Waals surface area contributed by atoms with Crippen molar-refractivity contribution in [2.75, 3.05) is 0 Å².